The number of benzene rings is 2. The summed E-state index contributed by atoms with van der Waals surface area (Å²) in [7, 11) is 0. The highest BCUT2D eigenvalue weighted by Crippen LogP contribution is 2.70. The maximum atomic E-state index is 14.7. The van der Waals surface area contributed by atoms with Crippen LogP contribution in [0.25, 0.3) is 0 Å². The fourth-order valence-corrected chi connectivity index (χ4v) is 14.7. The summed E-state index contributed by atoms with van der Waals surface area (Å²) in [5, 5.41) is 60.6. The van der Waals surface area contributed by atoms with Crippen molar-refractivity contribution in [2.45, 2.75) is 165 Å². The number of Topliss-reactive ketones (excluding diaryl/α,β-unsaturated/α-hetero) is 1. The molecule has 4 aliphatic carbocycles. The van der Waals surface area contributed by atoms with Gasteiger partial charge in [0.25, 0.3) is 0 Å². The van der Waals surface area contributed by atoms with Crippen LogP contribution < -0.4 is 10.6 Å². The third-order valence-electron chi connectivity index (χ3n) is 18.5. The van der Waals surface area contributed by atoms with Crippen LogP contribution in [0.4, 0.5) is 29.7 Å². The van der Waals surface area contributed by atoms with E-state index in [4.69, 9.17) is 37.9 Å². The number of amides is 2. The number of nitrogens with one attached hydrogen (secondary N) is 2. The van der Waals surface area contributed by atoms with Gasteiger partial charge in [-0.15, -0.1) is 0 Å². The molecule has 10 rings (SSSR count). The molecule has 0 aromatic heterocycles. The fourth-order valence-electron chi connectivity index (χ4n) is 14.7. The van der Waals surface area contributed by atoms with E-state index in [0.29, 0.717) is 49.9 Å². The summed E-state index contributed by atoms with van der Waals surface area (Å²) < 4.78 is 77.1. The van der Waals surface area contributed by atoms with E-state index in [9.17, 15) is 48.7 Å². The number of rotatable bonds is 10. The summed E-state index contributed by atoms with van der Waals surface area (Å²) in [5.41, 5.74) is -0.853. The number of hydrogen-bond acceptors (Lipinski definition) is 16. The van der Waals surface area contributed by atoms with E-state index in [-0.39, 0.29) is 57.9 Å². The minimum absolute atomic E-state index is 0.0582. The third-order valence-corrected chi connectivity index (χ3v) is 18.5. The highest BCUT2D eigenvalue weighted by Gasteiger charge is 2.71. The molecule has 2 aromatic carbocycles. The Hall–Kier alpha value is -3.93. The number of aliphatic hydroxyl groups excluding tert-OH is 5. The molecule has 0 radical (unpaired) electrons. The van der Waals surface area contributed by atoms with Gasteiger partial charge in [-0.05, 0) is 110 Å². The maximum absolute atomic E-state index is 14.7. The summed E-state index contributed by atoms with van der Waals surface area (Å²) in [6.07, 6.45) is -13.2. The molecule has 7 N–H and O–H groups in total. The second-order valence-electron chi connectivity index (χ2n) is 22.7. The minimum Gasteiger partial charge on any atom is -0.446 e. The van der Waals surface area contributed by atoms with Crippen molar-refractivity contribution < 1.29 is 86.6 Å². The van der Waals surface area contributed by atoms with Crippen LogP contribution >= 0.6 is 0 Å². The SMILES string of the molecule is CC1C2C(C[C@H]3[C@@H]4CC[C@H]5C[C@@H](O[C@@H]6O[C@H](COC(=O)Nc7ccccc7F)[C@@H](O[C@@H]7O[C@H](COC(=O)Nc8ccccc8F)[C@@H](O)[C@H](O)[C@H]7O)[C@H](O)[C@H]6O)CC[C@]5(C)[C@H]4C(=O)C[C@]23C)O[C@]12CC[C@@H](C)CO2. The molecule has 4 aliphatic heterocycles. The van der Waals surface area contributed by atoms with Crippen LogP contribution in [-0.2, 0) is 42.7 Å². The van der Waals surface area contributed by atoms with Gasteiger partial charge in [-0.3, -0.25) is 15.4 Å². The molecule has 2 aromatic rings. The molecule has 3 unspecified atom stereocenters. The molecule has 18 nitrogen and oxygen atoms in total. The van der Waals surface area contributed by atoms with Crippen molar-refractivity contribution in [2.75, 3.05) is 30.5 Å². The van der Waals surface area contributed by atoms with Crippen LogP contribution in [0.3, 0.4) is 0 Å². The van der Waals surface area contributed by atoms with E-state index in [1.165, 1.54) is 36.4 Å². The molecule has 8 aliphatic rings. The average Bonchev–Trinajstić information content (AvgIpc) is 3.80. The first-order valence-electron chi connectivity index (χ1n) is 26.0. The van der Waals surface area contributed by atoms with Crippen molar-refractivity contribution in [3.8, 4) is 0 Å². The van der Waals surface area contributed by atoms with Crippen LogP contribution in [0.5, 0.6) is 0 Å². The van der Waals surface area contributed by atoms with Gasteiger partial charge in [-0.1, -0.05) is 52.0 Å². The lowest BCUT2D eigenvalue weighted by Gasteiger charge is -2.60. The number of ketones is 1. The molecule has 4 saturated heterocycles. The Morgan fingerprint density at radius 2 is 1.34 bits per heavy atom. The zero-order chi connectivity index (χ0) is 51.7. The lowest BCUT2D eigenvalue weighted by atomic mass is 9.44. The Labute approximate surface area is 422 Å². The molecule has 4 heterocycles. The van der Waals surface area contributed by atoms with Gasteiger partial charge < -0.3 is 63.4 Å². The van der Waals surface area contributed by atoms with Gasteiger partial charge >= 0.3 is 12.2 Å². The van der Waals surface area contributed by atoms with Crippen molar-refractivity contribution in [3.05, 3.63) is 60.2 Å². The first-order chi connectivity index (χ1) is 34.8. The summed E-state index contributed by atoms with van der Waals surface area (Å²) in [5.74, 6) is -0.234. The molecule has 73 heavy (non-hydrogen) atoms. The van der Waals surface area contributed by atoms with Crippen LogP contribution in [0, 0.1) is 63.9 Å². The lowest BCUT2D eigenvalue weighted by Crippen LogP contribution is -2.65. The Morgan fingerprint density at radius 1 is 0.726 bits per heavy atom. The Kier molecular flexibility index (Phi) is 14.8. The zero-order valence-corrected chi connectivity index (χ0v) is 41.6. The van der Waals surface area contributed by atoms with E-state index in [2.05, 4.69) is 38.3 Å². The molecular weight excluding hydrogens is 959 g/mol. The predicted octanol–water partition coefficient (Wildman–Crippen LogP) is 5.41. The topological polar surface area (TPSA) is 250 Å². The molecule has 1 spiro atoms. The van der Waals surface area contributed by atoms with Crippen molar-refractivity contribution in [3.63, 3.8) is 0 Å². The van der Waals surface area contributed by atoms with Gasteiger partial charge in [0, 0.05) is 24.7 Å². The van der Waals surface area contributed by atoms with E-state index < -0.39 is 110 Å². The van der Waals surface area contributed by atoms with Gasteiger partial charge in [0.2, 0.25) is 0 Å². The summed E-state index contributed by atoms with van der Waals surface area (Å²) in [6, 6.07) is 10.7. The Balaban J connectivity index is 0.807. The van der Waals surface area contributed by atoms with Crippen molar-refractivity contribution in [1.82, 2.24) is 0 Å². The highest BCUT2D eigenvalue weighted by atomic mass is 19.1. The number of anilines is 2. The predicted molar refractivity (Wildman–Crippen MR) is 252 cm³/mol. The Morgan fingerprint density at radius 3 is 1.99 bits per heavy atom. The highest BCUT2D eigenvalue weighted by molar-refractivity contribution is 5.85. The Bertz CT molecular complexity index is 2340. The van der Waals surface area contributed by atoms with E-state index >= 15 is 0 Å². The number of carbonyl (C=O) groups is 3. The van der Waals surface area contributed by atoms with Gasteiger partial charge in [-0.2, -0.15) is 0 Å². The summed E-state index contributed by atoms with van der Waals surface area (Å²) >= 11 is 0. The number of fused-ring (bicyclic) bond motifs is 7. The van der Waals surface area contributed by atoms with Crippen LogP contribution in [0.2, 0.25) is 0 Å². The van der Waals surface area contributed by atoms with Gasteiger partial charge in [0.15, 0.2) is 18.4 Å². The van der Waals surface area contributed by atoms with Crippen LogP contribution in [0.1, 0.15) is 85.5 Å². The molecule has 2 amide bonds. The monoisotopic (exact) mass is 1030 g/mol. The third kappa shape index (κ3) is 9.69. The van der Waals surface area contributed by atoms with E-state index in [0.717, 1.165) is 44.2 Å². The molecule has 4 saturated carbocycles. The van der Waals surface area contributed by atoms with Gasteiger partial charge in [0.1, 0.15) is 79.5 Å². The second kappa shape index (κ2) is 20.5. The number of ether oxygens (including phenoxy) is 8. The maximum Gasteiger partial charge on any atom is 0.411 e. The molecule has 8 fully saturated rings. The lowest BCUT2D eigenvalue weighted by molar-refractivity contribution is -0.363. The number of para-hydroxylation sites is 2. The number of carbonyl (C=O) groups excluding carboxylic acids is 3. The largest absolute Gasteiger partial charge is 0.446 e. The summed E-state index contributed by atoms with van der Waals surface area (Å²) in [4.78, 5) is 40.3. The summed E-state index contributed by atoms with van der Waals surface area (Å²) in [6.45, 7) is 8.35. The number of halogens is 2. The second-order valence-corrected chi connectivity index (χ2v) is 22.7. The van der Waals surface area contributed by atoms with Crippen molar-refractivity contribution in [1.29, 1.82) is 0 Å². The zero-order valence-electron chi connectivity index (χ0n) is 41.6. The number of aliphatic hydroxyl groups is 5. The van der Waals surface area contributed by atoms with Crippen molar-refractivity contribution in [2.24, 2.45) is 52.3 Å². The van der Waals surface area contributed by atoms with Crippen molar-refractivity contribution >= 4 is 29.3 Å². The van der Waals surface area contributed by atoms with E-state index in [1.54, 1.807) is 0 Å². The first kappa shape index (κ1) is 52.5. The normalized spacial score (nSPS) is 45.1. The molecular formula is C53H70F2N2O16. The number of hydrogen-bond donors (Lipinski definition) is 7. The fraction of sp³-hybridized carbons (Fsp3) is 0.717. The molecule has 402 valence electrons. The smallest absolute Gasteiger partial charge is 0.411 e. The molecule has 20 heteroatoms. The minimum atomic E-state index is -1.98. The van der Waals surface area contributed by atoms with Crippen LogP contribution in [0.15, 0.2) is 48.5 Å². The quantitative estimate of drug-likeness (QED) is 0.147. The van der Waals surface area contributed by atoms with Gasteiger partial charge in [0.05, 0.1) is 30.2 Å². The van der Waals surface area contributed by atoms with Gasteiger partial charge in [-0.25, -0.2) is 18.4 Å². The standard InChI is InChI=1S/C53H70F2N2O16/c1-25-15-18-53(68-22-25)26(2)39-36(73-53)20-30-29-14-13-27-19-28(16-17-51(27,3)40(29)35(58)21-52(30,39)4)69-47-45(63)43(61)46(38(71-47)24-67-50(65)57-34-12-8-6-10-32(34)55)72-48-44(62)42(60)41(59)37(70-48)23-66-49(64)56-33-11-7-5-9-31(33)54/h5-12,25-30,36-48,59-63H,13-24H2,1-4H3,(H,56,64)(H,57,65)/t25-,26?,27+,28+,29+,30+,36?,37-,38-,39?,40-,41-,42+,43-,44-,45-,46-,47-,48+,51+,52+,53-/m1/s1. The molecule has 22 atom stereocenters. The molecule has 0 bridgehead atoms. The van der Waals surface area contributed by atoms with Crippen LogP contribution in [-0.4, -0.2) is 143 Å². The van der Waals surface area contributed by atoms with E-state index in [1.807, 2.05) is 0 Å². The first-order valence-corrected chi connectivity index (χ1v) is 26.0. The average molecular weight is 1030 g/mol.